The Morgan fingerprint density at radius 1 is 0.375 bits per heavy atom. The average Bonchev–Trinajstić information content (AvgIpc) is 3.40. The summed E-state index contributed by atoms with van der Waals surface area (Å²) in [6, 6.07) is 50.2. The third-order valence-corrected chi connectivity index (χ3v) is 8.16. The Morgan fingerprint density at radius 3 is 1.48 bits per heavy atom. The molecule has 1 heteroatoms. The van der Waals surface area contributed by atoms with E-state index in [2.05, 4.69) is 140 Å². The van der Waals surface area contributed by atoms with Crippen molar-refractivity contribution in [1.82, 2.24) is 0 Å². The van der Waals surface area contributed by atoms with Crippen molar-refractivity contribution >= 4 is 43.5 Å². The Kier molecular flexibility index (Phi) is 5.11. The van der Waals surface area contributed by atoms with Crippen LogP contribution in [0.2, 0.25) is 0 Å². The molecule has 0 fully saturated rings. The zero-order chi connectivity index (χ0) is 26.6. The molecule has 0 saturated heterocycles. The lowest BCUT2D eigenvalue weighted by molar-refractivity contribution is 0.666. The second-order valence-corrected chi connectivity index (χ2v) is 10.6. The molecule has 0 radical (unpaired) electrons. The van der Waals surface area contributed by atoms with Crippen molar-refractivity contribution in [2.24, 2.45) is 0 Å². The fraction of sp³-hybridized carbons (Fsp3) is 0.0256. The SMILES string of the molecule is Cc1cc(-c2c3ccccc3c(-c3ccc(-c4ccccc4)cc3)c3ccccc23)cc2c1oc1ccccc12. The molecule has 188 valence electrons. The predicted octanol–water partition coefficient (Wildman–Crippen LogP) is 11.2. The minimum atomic E-state index is 0.932. The van der Waals surface area contributed by atoms with Gasteiger partial charge in [0.1, 0.15) is 11.2 Å². The van der Waals surface area contributed by atoms with Gasteiger partial charge in [0.25, 0.3) is 0 Å². The van der Waals surface area contributed by atoms with E-state index >= 15 is 0 Å². The van der Waals surface area contributed by atoms with E-state index in [0.29, 0.717) is 0 Å². The number of benzene rings is 7. The molecular formula is C39H26O. The van der Waals surface area contributed by atoms with Crippen molar-refractivity contribution in [1.29, 1.82) is 0 Å². The lowest BCUT2D eigenvalue weighted by atomic mass is 9.85. The van der Waals surface area contributed by atoms with E-state index in [1.807, 2.05) is 6.07 Å². The van der Waals surface area contributed by atoms with E-state index in [0.717, 1.165) is 22.1 Å². The molecular weight excluding hydrogens is 484 g/mol. The number of rotatable bonds is 3. The molecule has 8 aromatic rings. The number of para-hydroxylation sites is 1. The fourth-order valence-electron chi connectivity index (χ4n) is 6.35. The first-order valence-electron chi connectivity index (χ1n) is 13.8. The van der Waals surface area contributed by atoms with E-state index in [9.17, 15) is 0 Å². The molecule has 1 nitrogen and oxygen atoms in total. The minimum Gasteiger partial charge on any atom is -0.456 e. The van der Waals surface area contributed by atoms with Crippen LogP contribution in [0.1, 0.15) is 5.56 Å². The molecule has 0 bridgehead atoms. The van der Waals surface area contributed by atoms with Gasteiger partial charge in [0.15, 0.2) is 0 Å². The maximum absolute atomic E-state index is 6.27. The van der Waals surface area contributed by atoms with Crippen molar-refractivity contribution in [2.75, 3.05) is 0 Å². The average molecular weight is 511 g/mol. The summed E-state index contributed by atoms with van der Waals surface area (Å²) in [7, 11) is 0. The summed E-state index contributed by atoms with van der Waals surface area (Å²) < 4.78 is 6.27. The van der Waals surface area contributed by atoms with Gasteiger partial charge in [-0.25, -0.2) is 0 Å². The van der Waals surface area contributed by atoms with E-state index in [4.69, 9.17) is 4.42 Å². The first-order valence-corrected chi connectivity index (χ1v) is 13.8. The second-order valence-electron chi connectivity index (χ2n) is 10.6. The van der Waals surface area contributed by atoms with Gasteiger partial charge >= 0.3 is 0 Å². The predicted molar refractivity (Wildman–Crippen MR) is 170 cm³/mol. The highest BCUT2D eigenvalue weighted by molar-refractivity contribution is 6.22. The lowest BCUT2D eigenvalue weighted by Gasteiger charge is -2.18. The quantitative estimate of drug-likeness (QED) is 0.215. The molecule has 0 aliphatic heterocycles. The van der Waals surface area contributed by atoms with Crippen LogP contribution in [0, 0.1) is 6.92 Å². The maximum atomic E-state index is 6.27. The molecule has 0 amide bonds. The highest BCUT2D eigenvalue weighted by atomic mass is 16.3. The van der Waals surface area contributed by atoms with Crippen molar-refractivity contribution in [3.05, 3.63) is 145 Å². The molecule has 0 aliphatic rings. The minimum absolute atomic E-state index is 0.932. The number of aryl methyl sites for hydroxylation is 1. The molecule has 8 rings (SSSR count). The third kappa shape index (κ3) is 3.48. The Bertz CT molecular complexity index is 2140. The highest BCUT2D eigenvalue weighted by Crippen LogP contribution is 2.45. The van der Waals surface area contributed by atoms with Crippen molar-refractivity contribution in [3.8, 4) is 33.4 Å². The summed E-state index contributed by atoms with van der Waals surface area (Å²) in [6.07, 6.45) is 0. The van der Waals surface area contributed by atoms with Crippen molar-refractivity contribution < 1.29 is 4.42 Å². The van der Waals surface area contributed by atoms with Gasteiger partial charge in [-0.3, -0.25) is 0 Å². The summed E-state index contributed by atoms with van der Waals surface area (Å²) in [6.45, 7) is 2.15. The molecule has 0 spiro atoms. The molecule has 0 atom stereocenters. The largest absolute Gasteiger partial charge is 0.456 e. The van der Waals surface area contributed by atoms with E-state index in [1.165, 1.54) is 60.3 Å². The van der Waals surface area contributed by atoms with Crippen LogP contribution in [-0.4, -0.2) is 0 Å². The lowest BCUT2D eigenvalue weighted by Crippen LogP contribution is -1.91. The van der Waals surface area contributed by atoms with Crippen molar-refractivity contribution in [3.63, 3.8) is 0 Å². The van der Waals surface area contributed by atoms with E-state index < -0.39 is 0 Å². The first-order chi connectivity index (χ1) is 19.8. The van der Waals surface area contributed by atoms with Gasteiger partial charge in [0.05, 0.1) is 0 Å². The zero-order valence-electron chi connectivity index (χ0n) is 22.2. The third-order valence-electron chi connectivity index (χ3n) is 8.16. The smallest absolute Gasteiger partial charge is 0.138 e. The summed E-state index contributed by atoms with van der Waals surface area (Å²) in [5.41, 5.74) is 10.5. The fourth-order valence-corrected chi connectivity index (χ4v) is 6.35. The number of fused-ring (bicyclic) bond motifs is 5. The molecule has 0 aliphatic carbocycles. The van der Waals surface area contributed by atoms with Crippen LogP contribution >= 0.6 is 0 Å². The molecule has 40 heavy (non-hydrogen) atoms. The zero-order valence-corrected chi connectivity index (χ0v) is 22.2. The van der Waals surface area contributed by atoms with Gasteiger partial charge in [-0.2, -0.15) is 0 Å². The summed E-state index contributed by atoms with van der Waals surface area (Å²) in [5, 5.41) is 7.37. The van der Waals surface area contributed by atoms with Gasteiger partial charge in [-0.05, 0) is 85.6 Å². The second kappa shape index (κ2) is 8.97. The van der Waals surface area contributed by atoms with Crippen LogP contribution in [-0.2, 0) is 0 Å². The van der Waals surface area contributed by atoms with Gasteiger partial charge < -0.3 is 4.42 Å². The molecule has 7 aromatic carbocycles. The van der Waals surface area contributed by atoms with Crippen LogP contribution in [0.4, 0.5) is 0 Å². The molecule has 0 unspecified atom stereocenters. The van der Waals surface area contributed by atoms with E-state index in [-0.39, 0.29) is 0 Å². The highest BCUT2D eigenvalue weighted by Gasteiger charge is 2.18. The van der Waals surface area contributed by atoms with Crippen LogP contribution in [0.5, 0.6) is 0 Å². The van der Waals surface area contributed by atoms with Gasteiger partial charge in [0, 0.05) is 10.8 Å². The Hall–Kier alpha value is -5.14. The normalized spacial score (nSPS) is 11.6. The molecule has 0 N–H and O–H groups in total. The van der Waals surface area contributed by atoms with Crippen LogP contribution in [0.3, 0.4) is 0 Å². The number of hydrogen-bond donors (Lipinski definition) is 0. The van der Waals surface area contributed by atoms with Crippen molar-refractivity contribution in [2.45, 2.75) is 6.92 Å². The topological polar surface area (TPSA) is 13.1 Å². The summed E-state index contributed by atoms with van der Waals surface area (Å²) in [4.78, 5) is 0. The molecule has 0 saturated carbocycles. The van der Waals surface area contributed by atoms with Crippen LogP contribution in [0.25, 0.3) is 76.9 Å². The number of hydrogen-bond acceptors (Lipinski definition) is 1. The number of furan rings is 1. The van der Waals surface area contributed by atoms with Gasteiger partial charge in [-0.1, -0.05) is 121 Å². The van der Waals surface area contributed by atoms with Gasteiger partial charge in [-0.15, -0.1) is 0 Å². The van der Waals surface area contributed by atoms with Gasteiger partial charge in [0.2, 0.25) is 0 Å². The van der Waals surface area contributed by atoms with Crippen LogP contribution < -0.4 is 0 Å². The molecule has 1 aromatic heterocycles. The van der Waals surface area contributed by atoms with Crippen LogP contribution in [0.15, 0.2) is 144 Å². The Labute approximate surface area is 232 Å². The van der Waals surface area contributed by atoms with E-state index in [1.54, 1.807) is 0 Å². The standard InChI is InChI=1S/C39H26O/c1-25-23-29(24-35-30-13-9-10-18-36(30)40-39(25)35)38-33-16-7-5-14-31(33)37(32-15-6-8-17-34(32)38)28-21-19-27(20-22-28)26-11-3-2-4-12-26/h2-24H,1H3. The summed E-state index contributed by atoms with van der Waals surface area (Å²) >= 11 is 0. The Morgan fingerprint density at radius 2 is 0.850 bits per heavy atom. The maximum Gasteiger partial charge on any atom is 0.138 e. The summed E-state index contributed by atoms with van der Waals surface area (Å²) in [5.74, 6) is 0. The first kappa shape index (κ1) is 22.8. The monoisotopic (exact) mass is 510 g/mol. The Balaban J connectivity index is 1.41. The molecule has 1 heterocycles.